The van der Waals surface area contributed by atoms with Gasteiger partial charge in [0.15, 0.2) is 0 Å². The van der Waals surface area contributed by atoms with Crippen molar-refractivity contribution in [2.45, 2.75) is 13.0 Å². The number of benzene rings is 1. The van der Waals surface area contributed by atoms with Crippen molar-refractivity contribution in [3.8, 4) is 5.75 Å². The van der Waals surface area contributed by atoms with Gasteiger partial charge in [-0.1, -0.05) is 12.1 Å². The van der Waals surface area contributed by atoms with Crippen molar-refractivity contribution in [3.63, 3.8) is 0 Å². The smallest absolute Gasteiger partial charge is 0.119 e. The van der Waals surface area contributed by atoms with E-state index in [-0.39, 0.29) is 6.61 Å². The third kappa shape index (κ3) is 5.68. The zero-order valence-corrected chi connectivity index (χ0v) is 10.4. The summed E-state index contributed by atoms with van der Waals surface area (Å²) >= 11 is 0. The van der Waals surface area contributed by atoms with E-state index in [1.807, 2.05) is 31.3 Å². The second kappa shape index (κ2) is 8.06. The summed E-state index contributed by atoms with van der Waals surface area (Å²) < 4.78 is 5.60. The molecule has 0 heterocycles. The molecule has 4 heteroatoms. The van der Waals surface area contributed by atoms with Crippen LogP contribution in [0.4, 0.5) is 0 Å². The molecule has 0 bridgehead atoms. The SMILES string of the molecule is CN(CCO)CCCOc1ccc(CN)cc1. The molecule has 0 saturated heterocycles. The number of rotatable bonds is 8. The highest BCUT2D eigenvalue weighted by atomic mass is 16.5. The summed E-state index contributed by atoms with van der Waals surface area (Å²) in [6, 6.07) is 7.85. The topological polar surface area (TPSA) is 58.7 Å². The van der Waals surface area contributed by atoms with E-state index in [4.69, 9.17) is 15.6 Å². The van der Waals surface area contributed by atoms with E-state index in [2.05, 4.69) is 4.90 Å². The molecule has 0 aliphatic heterocycles. The van der Waals surface area contributed by atoms with Crippen LogP contribution in [0.2, 0.25) is 0 Å². The molecular formula is C13H22N2O2. The Kier molecular flexibility index (Phi) is 6.62. The molecule has 1 rings (SSSR count). The molecule has 17 heavy (non-hydrogen) atoms. The first-order valence-electron chi connectivity index (χ1n) is 5.97. The Balaban J connectivity index is 2.17. The van der Waals surface area contributed by atoms with Gasteiger partial charge in [0.05, 0.1) is 13.2 Å². The van der Waals surface area contributed by atoms with E-state index < -0.39 is 0 Å². The molecule has 0 aliphatic carbocycles. The Hall–Kier alpha value is -1.10. The van der Waals surface area contributed by atoms with Crippen LogP contribution in [0, 0.1) is 0 Å². The van der Waals surface area contributed by atoms with Gasteiger partial charge in [0, 0.05) is 19.6 Å². The highest BCUT2D eigenvalue weighted by Crippen LogP contribution is 2.11. The molecule has 96 valence electrons. The molecule has 0 unspecified atom stereocenters. The fourth-order valence-electron chi connectivity index (χ4n) is 1.53. The predicted molar refractivity (Wildman–Crippen MR) is 69.0 cm³/mol. The third-order valence-corrected chi connectivity index (χ3v) is 2.59. The van der Waals surface area contributed by atoms with E-state index in [9.17, 15) is 0 Å². The van der Waals surface area contributed by atoms with Gasteiger partial charge < -0.3 is 20.5 Å². The van der Waals surface area contributed by atoms with Crippen LogP contribution in [0.1, 0.15) is 12.0 Å². The maximum Gasteiger partial charge on any atom is 0.119 e. The molecule has 0 amide bonds. The first-order chi connectivity index (χ1) is 8.26. The van der Waals surface area contributed by atoms with Crippen LogP contribution < -0.4 is 10.5 Å². The molecule has 4 nitrogen and oxygen atoms in total. The number of aliphatic hydroxyl groups excluding tert-OH is 1. The van der Waals surface area contributed by atoms with Gasteiger partial charge >= 0.3 is 0 Å². The van der Waals surface area contributed by atoms with Crippen LogP contribution in [0.5, 0.6) is 5.75 Å². The molecule has 0 saturated carbocycles. The van der Waals surface area contributed by atoms with Crippen molar-refractivity contribution >= 4 is 0 Å². The maximum atomic E-state index is 8.74. The Bertz CT molecular complexity index is 301. The van der Waals surface area contributed by atoms with Gasteiger partial charge in [-0.25, -0.2) is 0 Å². The first-order valence-corrected chi connectivity index (χ1v) is 5.97. The van der Waals surface area contributed by atoms with Crippen LogP contribution in [0.3, 0.4) is 0 Å². The summed E-state index contributed by atoms with van der Waals surface area (Å²) in [6.45, 7) is 3.11. The minimum absolute atomic E-state index is 0.206. The summed E-state index contributed by atoms with van der Waals surface area (Å²) in [5.74, 6) is 0.881. The van der Waals surface area contributed by atoms with Gasteiger partial charge in [0.25, 0.3) is 0 Å². The molecule has 0 spiro atoms. The average molecular weight is 238 g/mol. The molecule has 3 N–H and O–H groups in total. The molecule has 1 aromatic carbocycles. The first kappa shape index (κ1) is 14.0. The van der Waals surface area contributed by atoms with E-state index in [0.717, 1.165) is 24.3 Å². The fraction of sp³-hybridized carbons (Fsp3) is 0.538. The Morgan fingerprint density at radius 3 is 2.53 bits per heavy atom. The summed E-state index contributed by atoms with van der Waals surface area (Å²) in [4.78, 5) is 2.08. The lowest BCUT2D eigenvalue weighted by molar-refractivity contribution is 0.207. The summed E-state index contributed by atoms with van der Waals surface area (Å²) in [6.07, 6.45) is 0.954. The van der Waals surface area contributed by atoms with Gasteiger partial charge in [-0.05, 0) is 31.2 Å². The van der Waals surface area contributed by atoms with Crippen molar-refractivity contribution in [2.24, 2.45) is 5.73 Å². The highest BCUT2D eigenvalue weighted by Gasteiger charge is 1.98. The Labute approximate surface area is 103 Å². The molecule has 0 atom stereocenters. The number of nitrogens with zero attached hydrogens (tertiary/aromatic N) is 1. The predicted octanol–water partition coefficient (Wildman–Crippen LogP) is 0.838. The summed E-state index contributed by atoms with van der Waals surface area (Å²) in [7, 11) is 1.99. The van der Waals surface area contributed by atoms with Crippen LogP contribution in [-0.2, 0) is 6.54 Å². The van der Waals surface area contributed by atoms with E-state index in [0.29, 0.717) is 19.7 Å². The lowest BCUT2D eigenvalue weighted by atomic mass is 10.2. The van der Waals surface area contributed by atoms with Crippen molar-refractivity contribution in [1.29, 1.82) is 0 Å². The zero-order chi connectivity index (χ0) is 12.5. The second-order valence-corrected chi connectivity index (χ2v) is 4.08. The Morgan fingerprint density at radius 1 is 1.24 bits per heavy atom. The van der Waals surface area contributed by atoms with Gasteiger partial charge in [-0.15, -0.1) is 0 Å². The van der Waals surface area contributed by atoms with E-state index in [1.54, 1.807) is 0 Å². The van der Waals surface area contributed by atoms with Crippen LogP contribution in [-0.4, -0.2) is 43.4 Å². The summed E-state index contributed by atoms with van der Waals surface area (Å²) in [5, 5.41) is 8.74. The molecular weight excluding hydrogens is 216 g/mol. The van der Waals surface area contributed by atoms with E-state index >= 15 is 0 Å². The lowest BCUT2D eigenvalue weighted by Crippen LogP contribution is -2.24. The highest BCUT2D eigenvalue weighted by molar-refractivity contribution is 5.26. The molecule has 0 radical (unpaired) electrons. The van der Waals surface area contributed by atoms with E-state index in [1.165, 1.54) is 0 Å². The molecule has 0 fully saturated rings. The van der Waals surface area contributed by atoms with Crippen LogP contribution in [0.25, 0.3) is 0 Å². The van der Waals surface area contributed by atoms with Crippen molar-refractivity contribution in [1.82, 2.24) is 4.90 Å². The number of nitrogens with two attached hydrogens (primary N) is 1. The second-order valence-electron chi connectivity index (χ2n) is 4.08. The third-order valence-electron chi connectivity index (χ3n) is 2.59. The molecule has 0 aliphatic rings. The average Bonchev–Trinajstić information content (AvgIpc) is 2.36. The van der Waals surface area contributed by atoms with Crippen LogP contribution >= 0.6 is 0 Å². The zero-order valence-electron chi connectivity index (χ0n) is 10.4. The number of likely N-dealkylation sites (N-methyl/N-ethyl adjacent to an activating group) is 1. The summed E-state index contributed by atoms with van der Waals surface area (Å²) in [5.41, 5.74) is 6.63. The van der Waals surface area contributed by atoms with Gasteiger partial charge in [-0.2, -0.15) is 0 Å². The maximum absolute atomic E-state index is 8.74. The normalized spacial score (nSPS) is 10.8. The van der Waals surface area contributed by atoms with Crippen molar-refractivity contribution < 1.29 is 9.84 Å². The minimum Gasteiger partial charge on any atom is -0.494 e. The fourth-order valence-corrected chi connectivity index (χ4v) is 1.53. The number of hydrogen-bond donors (Lipinski definition) is 2. The molecule has 1 aromatic rings. The van der Waals surface area contributed by atoms with Crippen LogP contribution in [0.15, 0.2) is 24.3 Å². The van der Waals surface area contributed by atoms with Crippen molar-refractivity contribution in [2.75, 3.05) is 33.4 Å². The standard InChI is InChI=1S/C13H22N2O2/c1-15(8-9-16)7-2-10-17-13-5-3-12(11-14)4-6-13/h3-6,16H,2,7-11,14H2,1H3. The number of aliphatic hydroxyl groups is 1. The quantitative estimate of drug-likeness (QED) is 0.659. The van der Waals surface area contributed by atoms with Gasteiger partial charge in [0.1, 0.15) is 5.75 Å². The largest absolute Gasteiger partial charge is 0.494 e. The lowest BCUT2D eigenvalue weighted by Gasteiger charge is -2.14. The van der Waals surface area contributed by atoms with Gasteiger partial charge in [-0.3, -0.25) is 0 Å². The number of ether oxygens (including phenoxy) is 1. The Morgan fingerprint density at radius 2 is 1.94 bits per heavy atom. The number of hydrogen-bond acceptors (Lipinski definition) is 4. The molecule has 0 aromatic heterocycles. The van der Waals surface area contributed by atoms with Crippen molar-refractivity contribution in [3.05, 3.63) is 29.8 Å². The monoisotopic (exact) mass is 238 g/mol. The minimum atomic E-state index is 0.206. The van der Waals surface area contributed by atoms with Gasteiger partial charge in [0.2, 0.25) is 0 Å².